The zero-order valence-electron chi connectivity index (χ0n) is 15.9. The highest BCUT2D eigenvalue weighted by atomic mass is 35.5. The summed E-state index contributed by atoms with van der Waals surface area (Å²) in [6.45, 7) is -0.223. The number of aliphatic hydroxyl groups excluding tert-OH is 2. The van der Waals surface area contributed by atoms with Gasteiger partial charge in [0.1, 0.15) is 11.6 Å². The molecule has 0 saturated carbocycles. The number of nitrogens with one attached hydrogen (secondary N) is 3. The number of anilines is 3. The highest BCUT2D eigenvalue weighted by Crippen LogP contribution is 2.36. The second kappa shape index (κ2) is 8.68. The van der Waals surface area contributed by atoms with E-state index in [1.807, 2.05) is 0 Å². The van der Waals surface area contributed by atoms with Crippen molar-refractivity contribution in [3.63, 3.8) is 0 Å². The molecule has 0 amide bonds. The van der Waals surface area contributed by atoms with Crippen LogP contribution in [-0.2, 0) is 0 Å². The zero-order chi connectivity index (χ0) is 22.1. The summed E-state index contributed by atoms with van der Waals surface area (Å²) in [5.41, 5.74) is 1.12. The van der Waals surface area contributed by atoms with Gasteiger partial charge in [0, 0.05) is 29.2 Å². The molecule has 0 aliphatic carbocycles. The molecule has 4 aromatic rings. The Hall–Kier alpha value is -2.91. The number of aliphatic hydroxyl groups is 2. The van der Waals surface area contributed by atoms with Gasteiger partial charge < -0.3 is 25.8 Å². The molecule has 2 aromatic carbocycles. The Kier molecular flexibility index (Phi) is 5.97. The maximum atomic E-state index is 13.5. The normalized spacial score (nSPS) is 12.3. The maximum absolute atomic E-state index is 13.5. The van der Waals surface area contributed by atoms with Crippen molar-refractivity contribution in [3.05, 3.63) is 68.8 Å². The number of hydrogen-bond donors (Lipinski definition) is 5. The lowest BCUT2D eigenvalue weighted by Crippen LogP contribution is -2.22. The number of benzene rings is 2. The molecule has 0 aliphatic heterocycles. The lowest BCUT2D eigenvalue weighted by atomic mass is 10.1. The smallest absolute Gasteiger partial charge is 0.256 e. The third-order valence-electron chi connectivity index (χ3n) is 4.72. The highest BCUT2D eigenvalue weighted by Gasteiger charge is 2.15. The van der Waals surface area contributed by atoms with Crippen molar-refractivity contribution >= 4 is 62.1 Å². The van der Waals surface area contributed by atoms with E-state index in [9.17, 15) is 14.3 Å². The molecule has 0 fully saturated rings. The summed E-state index contributed by atoms with van der Waals surface area (Å²) in [5, 5.41) is 26.2. The molecule has 10 heteroatoms. The zero-order valence-corrected chi connectivity index (χ0v) is 17.4. The van der Waals surface area contributed by atoms with Gasteiger partial charge in [0.05, 0.1) is 39.3 Å². The fourth-order valence-corrected chi connectivity index (χ4v) is 3.80. The molecule has 0 spiro atoms. The number of halogens is 3. The molecule has 4 rings (SSSR count). The number of aromatic amines is 1. The van der Waals surface area contributed by atoms with Crippen LogP contribution in [0.3, 0.4) is 0 Å². The Labute approximate surface area is 185 Å². The highest BCUT2D eigenvalue weighted by molar-refractivity contribution is 6.39. The van der Waals surface area contributed by atoms with Gasteiger partial charge in [-0.25, -0.2) is 9.37 Å². The average molecular weight is 463 g/mol. The molecule has 5 N–H and O–H groups in total. The first-order valence-corrected chi connectivity index (χ1v) is 10.0. The van der Waals surface area contributed by atoms with E-state index in [-0.39, 0.29) is 34.4 Å². The van der Waals surface area contributed by atoms with E-state index in [1.54, 1.807) is 24.3 Å². The molecule has 1 unspecified atom stereocenters. The third-order valence-corrected chi connectivity index (χ3v) is 5.31. The Morgan fingerprint density at radius 1 is 1.13 bits per heavy atom. The predicted molar refractivity (Wildman–Crippen MR) is 121 cm³/mol. The molecule has 160 valence electrons. The topological polar surface area (TPSA) is 110 Å². The van der Waals surface area contributed by atoms with Gasteiger partial charge in [0.2, 0.25) is 0 Å². The van der Waals surface area contributed by atoms with Crippen LogP contribution in [0.5, 0.6) is 0 Å². The van der Waals surface area contributed by atoms with Crippen LogP contribution in [-0.4, -0.2) is 39.4 Å². The minimum Gasteiger partial charge on any atom is -0.394 e. The number of hydrogen-bond acceptors (Lipinski definition) is 6. The Morgan fingerprint density at radius 3 is 2.58 bits per heavy atom. The van der Waals surface area contributed by atoms with E-state index in [0.29, 0.717) is 33.2 Å². The van der Waals surface area contributed by atoms with Gasteiger partial charge in [-0.05, 0) is 36.4 Å². The standard InChI is InChI=1S/C21H17Cl2FN4O3/c22-15-5-10(24)6-16(23)19(15)28-20-13-3-4-25-21(31)18(13)14-7-11(1-2-17(14)27-20)26-8-12(30)9-29/h1-7,12,26,29-30H,8-9H2,(H,25,31)(H,27,28). The van der Waals surface area contributed by atoms with Crippen molar-refractivity contribution in [3.8, 4) is 0 Å². The second-order valence-corrected chi connectivity index (χ2v) is 7.69. The van der Waals surface area contributed by atoms with Crippen LogP contribution in [0, 0.1) is 5.82 Å². The van der Waals surface area contributed by atoms with Crippen molar-refractivity contribution in [2.45, 2.75) is 6.10 Å². The summed E-state index contributed by atoms with van der Waals surface area (Å²) < 4.78 is 13.5. The van der Waals surface area contributed by atoms with Gasteiger partial charge in [-0.2, -0.15) is 0 Å². The van der Waals surface area contributed by atoms with Crippen LogP contribution < -0.4 is 16.2 Å². The average Bonchev–Trinajstić information content (AvgIpc) is 2.74. The van der Waals surface area contributed by atoms with E-state index in [2.05, 4.69) is 20.6 Å². The molecule has 7 nitrogen and oxygen atoms in total. The Morgan fingerprint density at radius 2 is 1.87 bits per heavy atom. The predicted octanol–water partition coefficient (Wildman–Crippen LogP) is 4.03. The first-order valence-electron chi connectivity index (χ1n) is 9.27. The first kappa shape index (κ1) is 21.3. The summed E-state index contributed by atoms with van der Waals surface area (Å²) in [4.78, 5) is 20.0. The summed E-state index contributed by atoms with van der Waals surface area (Å²) in [6, 6.07) is 9.14. The first-order chi connectivity index (χ1) is 14.9. The third kappa shape index (κ3) is 4.28. The molecular weight excluding hydrogens is 446 g/mol. The maximum Gasteiger partial charge on any atom is 0.256 e. The largest absolute Gasteiger partial charge is 0.394 e. The Balaban J connectivity index is 1.86. The van der Waals surface area contributed by atoms with E-state index in [0.717, 1.165) is 12.1 Å². The van der Waals surface area contributed by atoms with Gasteiger partial charge in [-0.1, -0.05) is 23.2 Å². The van der Waals surface area contributed by atoms with Gasteiger partial charge in [-0.3, -0.25) is 4.79 Å². The van der Waals surface area contributed by atoms with Crippen LogP contribution in [0.1, 0.15) is 0 Å². The van der Waals surface area contributed by atoms with Gasteiger partial charge >= 0.3 is 0 Å². The minimum absolute atomic E-state index is 0.0758. The lowest BCUT2D eigenvalue weighted by Gasteiger charge is -2.15. The summed E-state index contributed by atoms with van der Waals surface area (Å²) in [7, 11) is 0. The number of fused-ring (bicyclic) bond motifs is 3. The van der Waals surface area contributed by atoms with E-state index in [1.165, 1.54) is 6.20 Å². The second-order valence-electron chi connectivity index (χ2n) is 6.87. The number of rotatable bonds is 6. The van der Waals surface area contributed by atoms with Crippen molar-refractivity contribution in [1.82, 2.24) is 9.97 Å². The lowest BCUT2D eigenvalue weighted by molar-refractivity contribution is 0.105. The summed E-state index contributed by atoms with van der Waals surface area (Å²) in [6.07, 6.45) is 0.586. The number of aromatic nitrogens is 2. The van der Waals surface area contributed by atoms with E-state index >= 15 is 0 Å². The number of nitrogens with zero attached hydrogens (tertiary/aromatic N) is 1. The Bertz CT molecular complexity index is 1320. The van der Waals surface area contributed by atoms with Gasteiger partial charge in [-0.15, -0.1) is 0 Å². The fourth-order valence-electron chi connectivity index (χ4n) is 3.24. The molecule has 2 aromatic heterocycles. The quantitative estimate of drug-likeness (QED) is 0.276. The molecule has 0 saturated heterocycles. The molecular formula is C21H17Cl2FN4O3. The van der Waals surface area contributed by atoms with Gasteiger partial charge in [0.25, 0.3) is 5.56 Å². The van der Waals surface area contributed by atoms with Crippen LogP contribution in [0.15, 0.2) is 47.4 Å². The van der Waals surface area contributed by atoms with Crippen LogP contribution >= 0.6 is 23.2 Å². The van der Waals surface area contributed by atoms with Crippen molar-refractivity contribution < 1.29 is 14.6 Å². The summed E-state index contributed by atoms with van der Waals surface area (Å²) >= 11 is 12.3. The SMILES string of the molecule is O=c1[nH]ccc2c(Nc3c(Cl)cc(F)cc3Cl)nc3ccc(NCC(O)CO)cc3c12. The minimum atomic E-state index is -0.911. The van der Waals surface area contributed by atoms with Crippen molar-refractivity contribution in [2.24, 2.45) is 0 Å². The van der Waals surface area contributed by atoms with Crippen molar-refractivity contribution in [1.29, 1.82) is 0 Å². The van der Waals surface area contributed by atoms with E-state index < -0.39 is 11.9 Å². The van der Waals surface area contributed by atoms with Crippen LogP contribution in [0.25, 0.3) is 21.7 Å². The molecule has 1 atom stereocenters. The monoisotopic (exact) mass is 462 g/mol. The van der Waals surface area contributed by atoms with Crippen LogP contribution in [0.4, 0.5) is 21.6 Å². The number of H-pyrrole nitrogens is 1. The molecule has 0 radical (unpaired) electrons. The fraction of sp³-hybridized carbons (Fsp3) is 0.143. The van der Waals surface area contributed by atoms with E-state index in [4.69, 9.17) is 28.3 Å². The molecule has 31 heavy (non-hydrogen) atoms. The molecule has 0 bridgehead atoms. The molecule has 2 heterocycles. The van der Waals surface area contributed by atoms with Gasteiger partial charge in [0.15, 0.2) is 0 Å². The summed E-state index contributed by atoms with van der Waals surface area (Å²) in [5.74, 6) is -0.236. The number of pyridine rings is 2. The van der Waals surface area contributed by atoms with Crippen molar-refractivity contribution in [2.75, 3.05) is 23.8 Å². The molecule has 0 aliphatic rings. The van der Waals surface area contributed by atoms with Crippen LogP contribution in [0.2, 0.25) is 10.0 Å².